The van der Waals surface area contributed by atoms with Crippen LogP contribution in [0.2, 0.25) is 0 Å². The first-order chi connectivity index (χ1) is 13.7. The summed E-state index contributed by atoms with van der Waals surface area (Å²) in [7, 11) is 1.74. The van der Waals surface area contributed by atoms with Crippen molar-refractivity contribution in [3.05, 3.63) is 78.0 Å². The number of imidazole rings is 1. The molecule has 1 aliphatic rings. The molecular weight excluding hydrogens is 480 g/mol. The Labute approximate surface area is 187 Å². The summed E-state index contributed by atoms with van der Waals surface area (Å²) in [6, 6.07) is 17.0. The minimum Gasteiger partial charge on any atom is -0.356 e. The maximum absolute atomic E-state index is 13.6. The van der Waals surface area contributed by atoms with Gasteiger partial charge < -0.3 is 15.6 Å². The Hall–Kier alpha value is -2.42. The molecule has 1 aromatic heterocycles. The van der Waals surface area contributed by atoms with Gasteiger partial charge in [-0.3, -0.25) is 4.99 Å². The number of guanidine groups is 1. The molecule has 2 aromatic carbocycles. The average Bonchev–Trinajstić information content (AvgIpc) is 3.38. The van der Waals surface area contributed by atoms with Gasteiger partial charge >= 0.3 is 0 Å². The molecule has 5 nitrogen and oxygen atoms in total. The van der Waals surface area contributed by atoms with Crippen LogP contribution >= 0.6 is 24.0 Å². The molecule has 0 amide bonds. The third-order valence-electron chi connectivity index (χ3n) is 5.24. The molecule has 1 saturated carbocycles. The maximum atomic E-state index is 13.6. The Morgan fingerprint density at radius 2 is 1.93 bits per heavy atom. The summed E-state index contributed by atoms with van der Waals surface area (Å²) in [6.45, 7) is 1.27. The molecule has 4 rings (SSSR count). The highest BCUT2D eigenvalue weighted by atomic mass is 127. The molecule has 0 unspecified atom stereocenters. The van der Waals surface area contributed by atoms with Crippen molar-refractivity contribution >= 4 is 29.9 Å². The fraction of sp³-hybridized carbons (Fsp3) is 0.273. The lowest BCUT2D eigenvalue weighted by Gasteiger charge is -2.19. The van der Waals surface area contributed by atoms with Gasteiger partial charge in [0, 0.05) is 19.0 Å². The molecule has 0 spiro atoms. The summed E-state index contributed by atoms with van der Waals surface area (Å²) in [5, 5.41) is 6.66. The summed E-state index contributed by atoms with van der Waals surface area (Å²) < 4.78 is 13.6. The van der Waals surface area contributed by atoms with E-state index in [2.05, 4.69) is 25.6 Å². The molecule has 3 aromatic rings. The molecule has 3 N–H and O–H groups in total. The van der Waals surface area contributed by atoms with Gasteiger partial charge in [-0.25, -0.2) is 9.37 Å². The summed E-state index contributed by atoms with van der Waals surface area (Å²) in [5.41, 5.74) is 3.15. The van der Waals surface area contributed by atoms with Crippen LogP contribution in [0.4, 0.5) is 4.39 Å². The van der Waals surface area contributed by atoms with Gasteiger partial charge in [-0.15, -0.1) is 24.0 Å². The van der Waals surface area contributed by atoms with Gasteiger partial charge in [-0.05, 0) is 36.1 Å². The van der Waals surface area contributed by atoms with Crippen molar-refractivity contribution < 1.29 is 4.39 Å². The molecule has 7 heteroatoms. The molecule has 0 bridgehead atoms. The summed E-state index contributed by atoms with van der Waals surface area (Å²) >= 11 is 0. The van der Waals surface area contributed by atoms with Crippen LogP contribution in [0.1, 0.15) is 24.2 Å². The van der Waals surface area contributed by atoms with Crippen molar-refractivity contribution in [2.45, 2.75) is 24.8 Å². The molecule has 0 saturated heterocycles. The minimum absolute atomic E-state index is 0. The van der Waals surface area contributed by atoms with Crippen molar-refractivity contribution in [1.82, 2.24) is 20.6 Å². The van der Waals surface area contributed by atoms with Gasteiger partial charge in [0.25, 0.3) is 0 Å². The molecule has 1 fully saturated rings. The number of nitrogens with zero attached hydrogens (tertiary/aromatic N) is 2. The number of nitrogens with one attached hydrogen (secondary N) is 3. The second-order valence-electron chi connectivity index (χ2n) is 7.18. The van der Waals surface area contributed by atoms with Gasteiger partial charge in [0.2, 0.25) is 0 Å². The van der Waals surface area contributed by atoms with E-state index >= 15 is 0 Å². The van der Waals surface area contributed by atoms with Crippen LogP contribution in [0.3, 0.4) is 0 Å². The number of aromatic nitrogens is 2. The fourth-order valence-electron chi connectivity index (χ4n) is 3.39. The van der Waals surface area contributed by atoms with Gasteiger partial charge in [-0.1, -0.05) is 42.5 Å². The summed E-state index contributed by atoms with van der Waals surface area (Å²) in [6.07, 6.45) is 3.95. The van der Waals surface area contributed by atoms with E-state index in [0.29, 0.717) is 12.5 Å². The van der Waals surface area contributed by atoms with Crippen LogP contribution < -0.4 is 10.6 Å². The second-order valence-corrected chi connectivity index (χ2v) is 7.18. The largest absolute Gasteiger partial charge is 0.356 e. The van der Waals surface area contributed by atoms with Crippen molar-refractivity contribution in [1.29, 1.82) is 0 Å². The number of aliphatic imine (C=N–C) groups is 1. The molecule has 1 aliphatic carbocycles. The van der Waals surface area contributed by atoms with Crippen molar-refractivity contribution in [2.75, 3.05) is 13.6 Å². The minimum atomic E-state index is -0.182. The van der Waals surface area contributed by atoms with Gasteiger partial charge in [-0.2, -0.15) is 0 Å². The highest BCUT2D eigenvalue weighted by Crippen LogP contribution is 2.47. The predicted molar refractivity (Wildman–Crippen MR) is 125 cm³/mol. The van der Waals surface area contributed by atoms with Crippen molar-refractivity contribution in [3.8, 4) is 11.3 Å². The van der Waals surface area contributed by atoms with E-state index in [1.807, 2.05) is 42.6 Å². The lowest BCUT2D eigenvalue weighted by molar-refractivity contribution is 0.606. The van der Waals surface area contributed by atoms with E-state index in [9.17, 15) is 4.39 Å². The number of rotatable bonds is 6. The van der Waals surface area contributed by atoms with E-state index in [4.69, 9.17) is 0 Å². The average molecular weight is 505 g/mol. The molecular formula is C22H25FIN5. The monoisotopic (exact) mass is 505 g/mol. The standard InChI is InChI=1S/C22H24FN5.HI/c1-24-21(27-15-22(10-11-22)17-8-5-9-18(23)12-17)26-14-20-25-13-19(28-20)16-6-3-2-4-7-16;/h2-9,12-13H,10-11,14-15H2,1H3,(H,25,28)(H2,24,26,27);1H. The number of aromatic amines is 1. The molecule has 0 aliphatic heterocycles. The number of hydrogen-bond acceptors (Lipinski definition) is 2. The summed E-state index contributed by atoms with van der Waals surface area (Å²) in [5.74, 6) is 1.37. The zero-order valence-electron chi connectivity index (χ0n) is 16.3. The quantitative estimate of drug-likeness (QED) is 0.267. The van der Waals surface area contributed by atoms with Crippen LogP contribution in [0, 0.1) is 5.82 Å². The lowest BCUT2D eigenvalue weighted by Crippen LogP contribution is -2.41. The number of halogens is 2. The van der Waals surface area contributed by atoms with Crippen LogP contribution in [0.25, 0.3) is 11.3 Å². The molecule has 0 radical (unpaired) electrons. The third-order valence-corrected chi connectivity index (χ3v) is 5.24. The highest BCUT2D eigenvalue weighted by molar-refractivity contribution is 14.0. The Morgan fingerprint density at radius 1 is 1.14 bits per heavy atom. The van der Waals surface area contributed by atoms with Gasteiger partial charge in [0.05, 0.1) is 18.4 Å². The topological polar surface area (TPSA) is 65.1 Å². The molecule has 1 heterocycles. The van der Waals surface area contributed by atoms with Gasteiger partial charge in [0.15, 0.2) is 5.96 Å². The predicted octanol–water partition coefficient (Wildman–Crippen LogP) is 4.23. The fourth-order valence-corrected chi connectivity index (χ4v) is 3.39. The lowest BCUT2D eigenvalue weighted by atomic mass is 9.96. The highest BCUT2D eigenvalue weighted by Gasteiger charge is 2.44. The summed E-state index contributed by atoms with van der Waals surface area (Å²) in [4.78, 5) is 12.1. The first kappa shape index (κ1) is 21.3. The smallest absolute Gasteiger partial charge is 0.191 e. The van der Waals surface area contributed by atoms with Crippen LogP contribution in [-0.4, -0.2) is 29.5 Å². The number of hydrogen-bond donors (Lipinski definition) is 3. The number of benzene rings is 2. The van der Waals surface area contributed by atoms with Crippen LogP contribution in [0.5, 0.6) is 0 Å². The first-order valence-corrected chi connectivity index (χ1v) is 9.48. The van der Waals surface area contributed by atoms with E-state index in [-0.39, 0.29) is 35.2 Å². The normalized spacial score (nSPS) is 14.8. The SMILES string of the molecule is CN=C(NCc1ncc(-c2ccccc2)[nH]1)NCC1(c2cccc(F)c2)CC1.I. The van der Waals surface area contributed by atoms with Crippen LogP contribution in [0.15, 0.2) is 65.8 Å². The third kappa shape index (κ3) is 5.14. The van der Waals surface area contributed by atoms with Crippen molar-refractivity contribution in [3.63, 3.8) is 0 Å². The zero-order chi connectivity index (χ0) is 19.4. The molecule has 29 heavy (non-hydrogen) atoms. The zero-order valence-corrected chi connectivity index (χ0v) is 18.6. The Balaban J connectivity index is 0.00000240. The van der Waals surface area contributed by atoms with Crippen molar-refractivity contribution in [2.24, 2.45) is 4.99 Å². The van der Waals surface area contributed by atoms with Crippen LogP contribution in [-0.2, 0) is 12.0 Å². The first-order valence-electron chi connectivity index (χ1n) is 9.48. The second kappa shape index (κ2) is 9.39. The molecule has 152 valence electrons. The Kier molecular flexibility index (Phi) is 6.89. The van der Waals surface area contributed by atoms with E-state index in [0.717, 1.165) is 42.0 Å². The van der Waals surface area contributed by atoms with Gasteiger partial charge in [0.1, 0.15) is 11.6 Å². The Morgan fingerprint density at radius 3 is 2.62 bits per heavy atom. The van der Waals surface area contributed by atoms with E-state index in [1.54, 1.807) is 19.2 Å². The van der Waals surface area contributed by atoms with E-state index in [1.165, 1.54) is 6.07 Å². The van der Waals surface area contributed by atoms with E-state index < -0.39 is 0 Å². The Bertz CT molecular complexity index is 966. The number of H-pyrrole nitrogens is 1. The molecule has 0 atom stereocenters. The maximum Gasteiger partial charge on any atom is 0.191 e.